The molecule has 1 N–H and O–H groups in total. The summed E-state index contributed by atoms with van der Waals surface area (Å²) in [5.41, 5.74) is -1.65. The first-order chi connectivity index (χ1) is 16.8. The minimum atomic E-state index is -1.21. The first-order valence-corrected chi connectivity index (χ1v) is 12.2. The van der Waals surface area contributed by atoms with E-state index in [-0.39, 0.29) is 32.2 Å². The van der Waals surface area contributed by atoms with Crippen molar-refractivity contribution in [1.29, 1.82) is 0 Å². The third-order valence-electron chi connectivity index (χ3n) is 7.39. The number of anilines is 1. The summed E-state index contributed by atoms with van der Waals surface area (Å²) in [5.74, 6) is -3.02. The van der Waals surface area contributed by atoms with Gasteiger partial charge in [0.1, 0.15) is 17.6 Å². The molecule has 1 aromatic rings. The van der Waals surface area contributed by atoms with E-state index in [1.807, 2.05) is 0 Å². The largest absolute Gasteiger partial charge is 0.465 e. The van der Waals surface area contributed by atoms with Crippen molar-refractivity contribution in [2.75, 3.05) is 31.2 Å². The van der Waals surface area contributed by atoms with Crippen molar-refractivity contribution in [3.8, 4) is 0 Å². The predicted molar refractivity (Wildman–Crippen MR) is 131 cm³/mol. The summed E-state index contributed by atoms with van der Waals surface area (Å²) in [6.07, 6.45) is 4.65. The van der Waals surface area contributed by atoms with Crippen molar-refractivity contribution in [1.82, 2.24) is 4.90 Å². The second-order valence-electron chi connectivity index (χ2n) is 9.42. The fourth-order valence-electron chi connectivity index (χ4n) is 6.00. The Kier molecular flexibility index (Phi) is 7.09. The molecule has 3 aliphatic rings. The van der Waals surface area contributed by atoms with Gasteiger partial charge in [-0.15, -0.1) is 13.2 Å². The zero-order valence-corrected chi connectivity index (χ0v) is 20.6. The van der Waals surface area contributed by atoms with E-state index < -0.39 is 41.0 Å². The van der Waals surface area contributed by atoms with Crippen LogP contribution in [0.25, 0.3) is 0 Å². The van der Waals surface area contributed by atoms with Crippen LogP contribution in [0, 0.1) is 11.8 Å². The number of amides is 2. The fourth-order valence-corrected chi connectivity index (χ4v) is 6.24. The van der Waals surface area contributed by atoms with Crippen molar-refractivity contribution >= 4 is 35.1 Å². The summed E-state index contributed by atoms with van der Waals surface area (Å²) in [6.45, 7) is 9.13. The highest BCUT2D eigenvalue weighted by atomic mass is 35.5. The van der Waals surface area contributed by atoms with Gasteiger partial charge in [-0.3, -0.25) is 14.4 Å². The number of β-amino-alcohol motifs (C(OH)–C–C–N with tert-alkyl or cyclic N) is 1. The van der Waals surface area contributed by atoms with E-state index in [1.165, 1.54) is 9.80 Å². The monoisotopic (exact) mass is 502 g/mol. The van der Waals surface area contributed by atoms with Crippen molar-refractivity contribution < 1.29 is 29.0 Å². The molecular formula is C26H31ClN2O6. The molecule has 4 rings (SSSR count). The smallest absolute Gasteiger partial charge is 0.312 e. The van der Waals surface area contributed by atoms with Gasteiger partial charge >= 0.3 is 5.97 Å². The highest BCUT2D eigenvalue weighted by Gasteiger charge is 2.78. The number of hydrogen-bond acceptors (Lipinski definition) is 6. The summed E-state index contributed by atoms with van der Waals surface area (Å²) < 4.78 is 12.0. The predicted octanol–water partition coefficient (Wildman–Crippen LogP) is 2.74. The minimum absolute atomic E-state index is 0.0593. The Morgan fingerprint density at radius 2 is 2.06 bits per heavy atom. The average Bonchev–Trinajstić information content (AvgIpc) is 3.39. The highest BCUT2D eigenvalue weighted by Crippen LogP contribution is 2.63. The van der Waals surface area contributed by atoms with Crippen molar-refractivity contribution in [3.05, 3.63) is 54.6 Å². The number of rotatable bonds is 10. The van der Waals surface area contributed by atoms with Crippen LogP contribution < -0.4 is 4.90 Å². The molecule has 188 valence electrons. The summed E-state index contributed by atoms with van der Waals surface area (Å²) in [7, 11) is 0. The van der Waals surface area contributed by atoms with E-state index in [0.29, 0.717) is 30.0 Å². The summed E-state index contributed by atoms with van der Waals surface area (Å²) in [6, 6.07) is 5.90. The van der Waals surface area contributed by atoms with Gasteiger partial charge < -0.3 is 24.4 Å². The summed E-state index contributed by atoms with van der Waals surface area (Å²) in [4.78, 5) is 43.9. The molecule has 2 amide bonds. The van der Waals surface area contributed by atoms with Crippen LogP contribution in [-0.2, 0) is 23.9 Å². The lowest BCUT2D eigenvalue weighted by Crippen LogP contribution is -2.57. The van der Waals surface area contributed by atoms with Gasteiger partial charge in [-0.1, -0.05) is 35.9 Å². The molecule has 3 fully saturated rings. The lowest BCUT2D eigenvalue weighted by atomic mass is 9.66. The Labute approximate surface area is 210 Å². The number of hydrogen-bond donors (Lipinski definition) is 1. The van der Waals surface area contributed by atoms with Gasteiger partial charge in [-0.25, -0.2) is 0 Å². The van der Waals surface area contributed by atoms with Crippen LogP contribution in [0.5, 0.6) is 0 Å². The molecule has 5 atom stereocenters. The number of esters is 1. The van der Waals surface area contributed by atoms with Gasteiger partial charge in [0.05, 0.1) is 35.4 Å². The highest BCUT2D eigenvalue weighted by molar-refractivity contribution is 6.34. The molecule has 2 unspecified atom stereocenters. The van der Waals surface area contributed by atoms with E-state index in [9.17, 15) is 19.5 Å². The molecular weight excluding hydrogens is 472 g/mol. The molecule has 9 heteroatoms. The minimum Gasteiger partial charge on any atom is -0.465 e. The maximum atomic E-state index is 14.2. The SMILES string of the molecule is C=CCCOC(=O)[C@@H]1[C@H]2C(=O)N(CCO)C(C(=O)N(CC=C)c3ccccc3Cl)C23CC[C@@]1(C)O3. The number of fused-ring (bicyclic) bond motifs is 1. The molecule has 3 saturated heterocycles. The molecule has 0 saturated carbocycles. The first-order valence-electron chi connectivity index (χ1n) is 11.8. The summed E-state index contributed by atoms with van der Waals surface area (Å²) in [5, 5.41) is 10.1. The van der Waals surface area contributed by atoms with Gasteiger partial charge in [0, 0.05) is 13.1 Å². The fraction of sp³-hybridized carbons (Fsp3) is 0.500. The van der Waals surface area contributed by atoms with Gasteiger partial charge in [-0.2, -0.15) is 0 Å². The van der Waals surface area contributed by atoms with Crippen molar-refractivity contribution in [2.45, 2.75) is 43.4 Å². The van der Waals surface area contributed by atoms with E-state index >= 15 is 0 Å². The Morgan fingerprint density at radius 3 is 2.71 bits per heavy atom. The van der Waals surface area contributed by atoms with Crippen LogP contribution in [0.1, 0.15) is 26.2 Å². The molecule has 1 spiro atoms. The number of para-hydroxylation sites is 1. The lowest BCUT2D eigenvalue weighted by Gasteiger charge is -2.36. The van der Waals surface area contributed by atoms with Gasteiger partial charge in [0.15, 0.2) is 0 Å². The number of ether oxygens (including phenoxy) is 2. The quantitative estimate of drug-likeness (QED) is 0.300. The average molecular weight is 503 g/mol. The molecule has 2 bridgehead atoms. The third kappa shape index (κ3) is 3.97. The number of nitrogens with zero attached hydrogens (tertiary/aromatic N) is 2. The Morgan fingerprint density at radius 1 is 1.31 bits per heavy atom. The zero-order chi connectivity index (χ0) is 25.4. The maximum Gasteiger partial charge on any atom is 0.312 e. The van der Waals surface area contributed by atoms with Gasteiger partial charge in [0.2, 0.25) is 5.91 Å². The van der Waals surface area contributed by atoms with Gasteiger partial charge in [0.25, 0.3) is 5.91 Å². The number of aliphatic hydroxyl groups excluding tert-OH is 1. The number of halogens is 1. The van der Waals surface area contributed by atoms with Crippen LogP contribution >= 0.6 is 11.6 Å². The van der Waals surface area contributed by atoms with Crippen LogP contribution in [0.3, 0.4) is 0 Å². The number of carbonyl (C=O) groups is 3. The van der Waals surface area contributed by atoms with Gasteiger partial charge in [-0.05, 0) is 38.3 Å². The molecule has 1 aromatic carbocycles. The summed E-state index contributed by atoms with van der Waals surface area (Å²) >= 11 is 6.42. The second-order valence-corrected chi connectivity index (χ2v) is 9.82. The standard InChI is InChI=1S/C26H31ClN2O6/c1-4-6-16-34-24(33)20-19-22(31)29(14-15-30)21(26(19)12-11-25(20,3)35-26)23(32)28(13-5-2)18-10-8-7-9-17(18)27/h4-5,7-10,19-21,30H,1-2,6,11-16H2,3H3/t19-,20-,21?,25+,26?/m0/s1. The Balaban J connectivity index is 1.76. The van der Waals surface area contributed by atoms with E-state index in [0.717, 1.165) is 0 Å². The van der Waals surface area contributed by atoms with E-state index in [1.54, 1.807) is 43.3 Å². The maximum absolute atomic E-state index is 14.2. The number of likely N-dealkylation sites (tertiary alicyclic amines) is 1. The number of aliphatic hydroxyl groups is 1. The van der Waals surface area contributed by atoms with Crippen LogP contribution in [0.2, 0.25) is 5.02 Å². The molecule has 0 radical (unpaired) electrons. The number of benzene rings is 1. The zero-order valence-electron chi connectivity index (χ0n) is 19.8. The molecule has 35 heavy (non-hydrogen) atoms. The Hall–Kier alpha value is -2.68. The first kappa shape index (κ1) is 25.4. The molecule has 3 aliphatic heterocycles. The van der Waals surface area contributed by atoms with E-state index in [4.69, 9.17) is 21.1 Å². The molecule has 3 heterocycles. The number of carbonyl (C=O) groups excluding carboxylic acids is 3. The van der Waals surface area contributed by atoms with Crippen LogP contribution in [-0.4, -0.2) is 71.3 Å². The topological polar surface area (TPSA) is 96.4 Å². The normalized spacial score (nSPS) is 30.8. The lowest BCUT2D eigenvalue weighted by molar-refractivity contribution is -0.159. The molecule has 0 aromatic heterocycles. The second kappa shape index (κ2) is 9.76. The van der Waals surface area contributed by atoms with Crippen LogP contribution in [0.15, 0.2) is 49.6 Å². The van der Waals surface area contributed by atoms with Crippen molar-refractivity contribution in [3.63, 3.8) is 0 Å². The van der Waals surface area contributed by atoms with E-state index in [2.05, 4.69) is 13.2 Å². The molecule has 8 nitrogen and oxygen atoms in total. The van der Waals surface area contributed by atoms with Crippen LogP contribution in [0.4, 0.5) is 5.69 Å². The van der Waals surface area contributed by atoms with Crippen molar-refractivity contribution in [2.24, 2.45) is 11.8 Å². The Bertz CT molecular complexity index is 1050. The third-order valence-corrected chi connectivity index (χ3v) is 7.71. The molecule has 0 aliphatic carbocycles.